The highest BCUT2D eigenvalue weighted by molar-refractivity contribution is 9.10. The monoisotopic (exact) mass is 286 g/mol. The maximum Gasteiger partial charge on any atom is 0.253 e. The van der Waals surface area contributed by atoms with Gasteiger partial charge in [-0.2, -0.15) is 0 Å². The van der Waals surface area contributed by atoms with E-state index < -0.39 is 0 Å². The molecular weight excluding hydrogens is 272 g/mol. The van der Waals surface area contributed by atoms with Crippen molar-refractivity contribution in [1.29, 1.82) is 0 Å². The number of hydrogen-bond acceptors (Lipinski definition) is 3. The molecule has 4 nitrogen and oxygen atoms in total. The average Bonchev–Trinajstić information content (AvgIpc) is 2.24. The molecule has 0 bridgehead atoms. The molecule has 3 N–H and O–H groups in total. The van der Waals surface area contributed by atoms with Gasteiger partial charge in [-0.05, 0) is 24.6 Å². The van der Waals surface area contributed by atoms with E-state index in [2.05, 4.69) is 21.2 Å². The predicted molar refractivity (Wildman–Crippen MR) is 67.4 cm³/mol. The van der Waals surface area contributed by atoms with Gasteiger partial charge in [-0.15, -0.1) is 0 Å². The van der Waals surface area contributed by atoms with Crippen molar-refractivity contribution in [2.75, 3.05) is 26.0 Å². The second kappa shape index (κ2) is 6.50. The van der Waals surface area contributed by atoms with Crippen LogP contribution >= 0.6 is 15.9 Å². The number of nitrogens with two attached hydrogens (primary N) is 1. The number of hydrogen-bond donors (Lipinski definition) is 2. The number of benzene rings is 1. The summed E-state index contributed by atoms with van der Waals surface area (Å²) in [6, 6.07) is 5.20. The molecule has 0 heterocycles. The standard InChI is InChI=1S/C11H15BrN2O2/c1-16-6-2-5-14-11(15)9-4-3-8(12)7-10(9)13/h3-4,7H,2,5-6,13H2,1H3,(H,14,15). The van der Waals surface area contributed by atoms with E-state index in [1.807, 2.05) is 0 Å². The minimum Gasteiger partial charge on any atom is -0.398 e. The van der Waals surface area contributed by atoms with Crippen LogP contribution in [-0.2, 0) is 4.74 Å². The third-order valence-electron chi connectivity index (χ3n) is 2.07. The summed E-state index contributed by atoms with van der Waals surface area (Å²) in [4.78, 5) is 11.7. The Bertz CT molecular complexity index is 369. The van der Waals surface area contributed by atoms with Crippen LogP contribution < -0.4 is 11.1 Å². The molecule has 0 saturated heterocycles. The number of ether oxygens (including phenoxy) is 1. The molecule has 0 spiro atoms. The second-order valence-corrected chi connectivity index (χ2v) is 4.25. The van der Waals surface area contributed by atoms with Crippen molar-refractivity contribution in [2.45, 2.75) is 6.42 Å². The van der Waals surface area contributed by atoms with Crippen LogP contribution in [0.4, 0.5) is 5.69 Å². The molecular formula is C11H15BrN2O2. The van der Waals surface area contributed by atoms with E-state index in [4.69, 9.17) is 10.5 Å². The minimum absolute atomic E-state index is 0.152. The first kappa shape index (κ1) is 13.0. The third kappa shape index (κ3) is 3.83. The fourth-order valence-corrected chi connectivity index (χ4v) is 1.63. The van der Waals surface area contributed by atoms with Crippen LogP contribution in [0.2, 0.25) is 0 Å². The molecule has 0 aromatic heterocycles. The summed E-state index contributed by atoms with van der Waals surface area (Å²) in [5.41, 5.74) is 6.71. The van der Waals surface area contributed by atoms with E-state index in [1.165, 1.54) is 0 Å². The summed E-state index contributed by atoms with van der Waals surface area (Å²) in [5.74, 6) is -0.152. The Kier molecular flexibility index (Phi) is 5.28. The molecule has 0 fully saturated rings. The van der Waals surface area contributed by atoms with Crippen LogP contribution in [0, 0.1) is 0 Å². The Morgan fingerprint density at radius 2 is 2.31 bits per heavy atom. The molecule has 1 aromatic carbocycles. The number of rotatable bonds is 5. The van der Waals surface area contributed by atoms with Gasteiger partial charge in [0.25, 0.3) is 5.91 Å². The van der Waals surface area contributed by atoms with Crippen molar-refractivity contribution in [2.24, 2.45) is 0 Å². The molecule has 0 radical (unpaired) electrons. The molecule has 0 atom stereocenters. The highest BCUT2D eigenvalue weighted by Gasteiger charge is 2.08. The summed E-state index contributed by atoms with van der Waals surface area (Å²) < 4.78 is 5.75. The lowest BCUT2D eigenvalue weighted by Crippen LogP contribution is -2.26. The molecule has 0 saturated carbocycles. The van der Waals surface area contributed by atoms with E-state index >= 15 is 0 Å². The Hall–Kier alpha value is -1.07. The number of methoxy groups -OCH3 is 1. The van der Waals surface area contributed by atoms with Gasteiger partial charge in [0.2, 0.25) is 0 Å². The normalized spacial score (nSPS) is 10.1. The fourth-order valence-electron chi connectivity index (χ4n) is 1.25. The first-order valence-electron chi connectivity index (χ1n) is 4.97. The van der Waals surface area contributed by atoms with Gasteiger partial charge in [0.1, 0.15) is 0 Å². The van der Waals surface area contributed by atoms with Gasteiger partial charge >= 0.3 is 0 Å². The van der Waals surface area contributed by atoms with E-state index in [-0.39, 0.29) is 5.91 Å². The van der Waals surface area contributed by atoms with Gasteiger partial charge in [0.05, 0.1) is 5.56 Å². The quantitative estimate of drug-likeness (QED) is 0.641. The topological polar surface area (TPSA) is 64.3 Å². The SMILES string of the molecule is COCCCNC(=O)c1ccc(Br)cc1N. The highest BCUT2D eigenvalue weighted by Crippen LogP contribution is 2.18. The van der Waals surface area contributed by atoms with E-state index in [1.54, 1.807) is 25.3 Å². The van der Waals surface area contributed by atoms with Crippen LogP contribution in [-0.4, -0.2) is 26.2 Å². The molecule has 16 heavy (non-hydrogen) atoms. The van der Waals surface area contributed by atoms with Crippen molar-refractivity contribution >= 4 is 27.5 Å². The highest BCUT2D eigenvalue weighted by atomic mass is 79.9. The lowest BCUT2D eigenvalue weighted by molar-refractivity contribution is 0.0949. The summed E-state index contributed by atoms with van der Waals surface area (Å²) in [5, 5.41) is 2.78. The molecule has 0 unspecified atom stereocenters. The fraction of sp³-hybridized carbons (Fsp3) is 0.364. The zero-order valence-corrected chi connectivity index (χ0v) is 10.7. The number of anilines is 1. The second-order valence-electron chi connectivity index (χ2n) is 3.33. The largest absolute Gasteiger partial charge is 0.398 e. The third-order valence-corrected chi connectivity index (χ3v) is 2.56. The number of carbonyl (C=O) groups excluding carboxylic acids is 1. The number of carbonyl (C=O) groups is 1. The van der Waals surface area contributed by atoms with Crippen molar-refractivity contribution in [3.63, 3.8) is 0 Å². The van der Waals surface area contributed by atoms with Crippen LogP contribution in [0.3, 0.4) is 0 Å². The number of nitrogens with one attached hydrogen (secondary N) is 1. The van der Waals surface area contributed by atoms with E-state index in [0.717, 1.165) is 10.9 Å². The smallest absolute Gasteiger partial charge is 0.253 e. The zero-order chi connectivity index (χ0) is 12.0. The van der Waals surface area contributed by atoms with Crippen molar-refractivity contribution in [3.8, 4) is 0 Å². The van der Waals surface area contributed by atoms with Crippen molar-refractivity contribution in [1.82, 2.24) is 5.32 Å². The van der Waals surface area contributed by atoms with Gasteiger partial charge in [-0.1, -0.05) is 15.9 Å². The maximum absolute atomic E-state index is 11.7. The molecule has 0 aliphatic carbocycles. The Morgan fingerprint density at radius 3 is 2.94 bits per heavy atom. The number of halogens is 1. The van der Waals surface area contributed by atoms with Crippen LogP contribution in [0.15, 0.2) is 22.7 Å². The van der Waals surface area contributed by atoms with Gasteiger partial charge in [0, 0.05) is 30.4 Å². The minimum atomic E-state index is -0.152. The van der Waals surface area contributed by atoms with Crippen LogP contribution in [0.25, 0.3) is 0 Å². The Labute approximate surface area is 103 Å². The molecule has 1 rings (SSSR count). The first-order valence-corrected chi connectivity index (χ1v) is 5.76. The first-order chi connectivity index (χ1) is 7.65. The van der Waals surface area contributed by atoms with Crippen LogP contribution in [0.1, 0.15) is 16.8 Å². The molecule has 88 valence electrons. The molecule has 1 amide bonds. The summed E-state index contributed by atoms with van der Waals surface area (Å²) >= 11 is 3.29. The van der Waals surface area contributed by atoms with Gasteiger partial charge in [0.15, 0.2) is 0 Å². The van der Waals surface area contributed by atoms with Gasteiger partial charge in [-0.25, -0.2) is 0 Å². The molecule has 1 aromatic rings. The zero-order valence-electron chi connectivity index (χ0n) is 9.13. The predicted octanol–water partition coefficient (Wildman–Crippen LogP) is 1.80. The van der Waals surface area contributed by atoms with Gasteiger partial charge in [-0.3, -0.25) is 4.79 Å². The van der Waals surface area contributed by atoms with Crippen molar-refractivity contribution < 1.29 is 9.53 Å². The Morgan fingerprint density at radius 1 is 1.56 bits per heavy atom. The number of nitrogen functional groups attached to an aromatic ring is 1. The van der Waals surface area contributed by atoms with Crippen molar-refractivity contribution in [3.05, 3.63) is 28.2 Å². The molecule has 0 aliphatic rings. The molecule has 5 heteroatoms. The number of amides is 1. The lowest BCUT2D eigenvalue weighted by atomic mass is 10.1. The summed E-state index contributed by atoms with van der Waals surface area (Å²) in [7, 11) is 1.63. The molecule has 0 aliphatic heterocycles. The van der Waals surface area contributed by atoms with E-state index in [9.17, 15) is 4.79 Å². The maximum atomic E-state index is 11.7. The Balaban J connectivity index is 2.53. The van der Waals surface area contributed by atoms with Gasteiger partial charge < -0.3 is 15.8 Å². The van der Waals surface area contributed by atoms with E-state index in [0.29, 0.717) is 24.4 Å². The summed E-state index contributed by atoms with van der Waals surface area (Å²) in [6.07, 6.45) is 0.790. The lowest BCUT2D eigenvalue weighted by Gasteiger charge is -2.07. The summed E-state index contributed by atoms with van der Waals surface area (Å²) in [6.45, 7) is 1.22. The average molecular weight is 287 g/mol. The van der Waals surface area contributed by atoms with Crippen LogP contribution in [0.5, 0.6) is 0 Å².